The molecule has 26 heteroatoms. The van der Waals surface area contributed by atoms with Crippen molar-refractivity contribution in [3.05, 3.63) is 84.0 Å². The van der Waals surface area contributed by atoms with E-state index in [4.69, 9.17) is 37.9 Å². The molecule has 5 N–H and O–H groups in total. The van der Waals surface area contributed by atoms with Crippen LogP contribution in [0.3, 0.4) is 0 Å². The van der Waals surface area contributed by atoms with Gasteiger partial charge < -0.3 is 83.1 Å². The molecule has 4 unspecified atom stereocenters. The summed E-state index contributed by atoms with van der Waals surface area (Å²) in [7, 11) is 9.23. The van der Waals surface area contributed by atoms with E-state index in [0.29, 0.717) is 57.7 Å². The third-order valence-electron chi connectivity index (χ3n) is 16.0. The summed E-state index contributed by atoms with van der Waals surface area (Å²) in [4.78, 5) is 112. The second-order valence-corrected chi connectivity index (χ2v) is 27.6. The van der Waals surface area contributed by atoms with Gasteiger partial charge in [-0.2, -0.15) is 0 Å². The van der Waals surface area contributed by atoms with Crippen molar-refractivity contribution >= 4 is 70.7 Å². The molecule has 0 bridgehead atoms. The summed E-state index contributed by atoms with van der Waals surface area (Å²) in [6.45, 7) is 37.8. The molecule has 602 valence electrons. The standard InChI is InChI=1S/C17H18N2O2.C17H28O5.C14H24O7.C11H21NO2.C9H18O3.C7H14O2.C4H10O2/c1-12(20)18-16-7-3-14(4-8-16)11-15-5-9-17(10-6-15)19-13(2)21;1-6-17(4,5)16(20)22-14-8-7-12(9-13(14)18)10-21-15(19)11(2)3;1-10(2)12(16)20-6-11(15)7-21-13(17)14(3,8-18-4)9-19-5;1-10(13)8-6-4-3-5-7-9-12-11(2)14;1-5-9(2,3)8(10)12-7-6-11-4;1-5-7(2,3)6(8)9-4;1-5-3-4-6-2/h3-10H,11H2,1-2H3,(H,18,20)(H,19,21);12-14,18H,2,6-10H2,1,3-5H3;11,15H,1,6-9H2,2-5H3;3-9H2,1-2H3,(H,12,14);5-7H2,1-4H3;5H2,1-4H3;3-4H2,1-2H3. The second-order valence-electron chi connectivity index (χ2n) is 27.6. The van der Waals surface area contributed by atoms with Crippen LogP contribution in [-0.4, -0.2) is 197 Å². The van der Waals surface area contributed by atoms with Crippen LogP contribution in [0.15, 0.2) is 72.8 Å². The molecule has 3 rings (SSSR count). The average Bonchev–Trinajstić information content (AvgIpc) is 0.853. The van der Waals surface area contributed by atoms with Gasteiger partial charge in [0.2, 0.25) is 17.7 Å². The van der Waals surface area contributed by atoms with E-state index in [1.807, 2.05) is 111 Å². The van der Waals surface area contributed by atoms with Crippen LogP contribution in [0.2, 0.25) is 0 Å². The first-order valence-electron chi connectivity index (χ1n) is 35.7. The van der Waals surface area contributed by atoms with Gasteiger partial charge in [0.1, 0.15) is 43.2 Å². The highest BCUT2D eigenvalue weighted by molar-refractivity contribution is 5.89. The fraction of sp³-hybridized carbons (Fsp3) is 0.671. The number of ketones is 1. The van der Waals surface area contributed by atoms with Gasteiger partial charge in [0.15, 0.2) is 0 Å². The minimum atomic E-state index is -1.11. The summed E-state index contributed by atoms with van der Waals surface area (Å²) < 4.78 is 53.9. The Labute approximate surface area is 627 Å². The quantitative estimate of drug-likeness (QED) is 0.0180. The van der Waals surface area contributed by atoms with Crippen LogP contribution in [-0.2, 0) is 106 Å². The number of anilines is 2. The highest BCUT2D eigenvalue weighted by Gasteiger charge is 2.37. The van der Waals surface area contributed by atoms with Crippen molar-refractivity contribution < 1.29 is 110 Å². The first-order valence-corrected chi connectivity index (χ1v) is 35.7. The van der Waals surface area contributed by atoms with Gasteiger partial charge in [-0.1, -0.05) is 77.5 Å². The molecule has 2 aromatic rings. The van der Waals surface area contributed by atoms with Crippen LogP contribution in [0, 0.1) is 27.6 Å². The van der Waals surface area contributed by atoms with Gasteiger partial charge in [0.25, 0.3) is 0 Å². The third-order valence-corrected chi connectivity index (χ3v) is 16.0. The lowest BCUT2D eigenvalue weighted by Crippen LogP contribution is -2.41. The van der Waals surface area contributed by atoms with E-state index in [1.54, 1.807) is 42.1 Å². The topological polar surface area (TPSA) is 349 Å². The first kappa shape index (κ1) is 104. The Morgan fingerprint density at radius 3 is 1.31 bits per heavy atom. The van der Waals surface area contributed by atoms with E-state index in [2.05, 4.69) is 43.3 Å². The van der Waals surface area contributed by atoms with Gasteiger partial charge in [0.05, 0.1) is 69.1 Å². The molecule has 0 spiro atoms. The zero-order chi connectivity index (χ0) is 81.4. The number of Topliss-reactive ketones (excluding diaryl/α,β-unsaturated/α-hetero) is 1. The van der Waals surface area contributed by atoms with Crippen LogP contribution in [0.1, 0.15) is 199 Å². The molecule has 4 atom stereocenters. The van der Waals surface area contributed by atoms with Crippen LogP contribution < -0.4 is 16.0 Å². The monoisotopic (exact) mass is 1490 g/mol. The summed E-state index contributed by atoms with van der Waals surface area (Å²) in [5, 5.41) is 28.0. The molecule has 1 aliphatic carbocycles. The Hall–Kier alpha value is -7.46. The number of amides is 3. The van der Waals surface area contributed by atoms with Crippen LogP contribution in [0.25, 0.3) is 0 Å². The fourth-order valence-corrected chi connectivity index (χ4v) is 8.23. The largest absolute Gasteiger partial charge is 0.469 e. The number of nitrogens with one attached hydrogen (secondary N) is 3. The Morgan fingerprint density at radius 1 is 0.505 bits per heavy atom. The zero-order valence-corrected chi connectivity index (χ0v) is 67.6. The van der Waals surface area contributed by atoms with E-state index in [9.17, 15) is 58.2 Å². The molecule has 26 nitrogen and oxygen atoms in total. The van der Waals surface area contributed by atoms with Crippen molar-refractivity contribution in [1.82, 2.24) is 5.32 Å². The predicted molar refractivity (Wildman–Crippen MR) is 406 cm³/mol. The molecule has 1 aliphatic rings. The minimum absolute atomic E-state index is 0.0431. The lowest BCUT2D eigenvalue weighted by Gasteiger charge is -2.34. The number of esters is 6. The molecule has 3 amide bonds. The van der Waals surface area contributed by atoms with Crippen LogP contribution >= 0.6 is 0 Å². The Balaban J connectivity index is -0.000000586. The SMILES string of the molecule is C=C(C)C(=O)OCC(O)COC(=O)C(C)(COC)COC.C=C(C)C(=O)OCC1CCC(OC(=O)C(C)(C)CC)C(O)C1.CC(=O)CCCCCCCNC(C)=O.CC(=O)Nc1ccc(Cc2ccc(NC(C)=O)cc2)cc1.CCC(C)(C)C(=O)OC.CCC(C)(C)C(=O)OCCOC.COCCOC. The Morgan fingerprint density at radius 2 is 0.924 bits per heavy atom. The zero-order valence-electron chi connectivity index (χ0n) is 67.6. The smallest absolute Gasteiger partial charge is 0.333 e. The van der Waals surface area contributed by atoms with Gasteiger partial charge in [-0.05, 0) is 168 Å². The van der Waals surface area contributed by atoms with Crippen molar-refractivity contribution in [3.8, 4) is 0 Å². The van der Waals surface area contributed by atoms with E-state index in [1.165, 1.54) is 49.0 Å². The number of benzene rings is 2. The van der Waals surface area contributed by atoms with Gasteiger partial charge in [-0.15, -0.1) is 0 Å². The van der Waals surface area contributed by atoms with Crippen molar-refractivity contribution in [2.45, 2.75) is 213 Å². The molecule has 0 radical (unpaired) electrons. The minimum Gasteiger partial charge on any atom is -0.469 e. The van der Waals surface area contributed by atoms with E-state index >= 15 is 0 Å². The number of aliphatic hydroxyl groups excluding tert-OH is 2. The molecule has 1 saturated carbocycles. The number of rotatable bonds is 38. The molecular formula is C79H133N3O23. The predicted octanol–water partition coefficient (Wildman–Crippen LogP) is 11.7. The molecular weight excluding hydrogens is 1360 g/mol. The highest BCUT2D eigenvalue weighted by atomic mass is 16.6. The normalized spacial score (nSPS) is 13.9. The number of carbonyl (C=O) groups is 10. The van der Waals surface area contributed by atoms with Crippen molar-refractivity contribution in [2.24, 2.45) is 27.6 Å². The summed E-state index contributed by atoms with van der Waals surface area (Å²) >= 11 is 0. The van der Waals surface area contributed by atoms with Gasteiger partial charge >= 0.3 is 35.8 Å². The Bertz CT molecular complexity index is 2730. The van der Waals surface area contributed by atoms with Gasteiger partial charge in [0, 0.05) is 91.8 Å². The molecule has 0 heterocycles. The number of ether oxygens (including phenoxy) is 11. The fourth-order valence-electron chi connectivity index (χ4n) is 8.23. The number of unbranched alkanes of at least 4 members (excludes halogenated alkanes) is 4. The lowest BCUT2D eigenvalue weighted by atomic mass is 9.85. The summed E-state index contributed by atoms with van der Waals surface area (Å²) in [6, 6.07) is 15.5. The van der Waals surface area contributed by atoms with Gasteiger partial charge in [-0.25, -0.2) is 9.59 Å². The second kappa shape index (κ2) is 59.7. The molecule has 0 saturated heterocycles. The van der Waals surface area contributed by atoms with E-state index < -0.39 is 47.0 Å². The average molecular weight is 1490 g/mol. The number of carbonyl (C=O) groups excluding carboxylic acids is 10. The molecule has 1 fully saturated rings. The van der Waals surface area contributed by atoms with E-state index in [0.717, 1.165) is 86.8 Å². The lowest BCUT2D eigenvalue weighted by molar-refractivity contribution is -0.170. The third kappa shape index (κ3) is 53.9. The van der Waals surface area contributed by atoms with E-state index in [-0.39, 0.29) is 96.8 Å². The van der Waals surface area contributed by atoms with Crippen molar-refractivity contribution in [3.63, 3.8) is 0 Å². The number of methoxy groups -OCH3 is 6. The maximum absolute atomic E-state index is 12.1. The van der Waals surface area contributed by atoms with Crippen molar-refractivity contribution in [2.75, 3.05) is 119 Å². The number of hydrogen-bond donors (Lipinski definition) is 5. The summed E-state index contributed by atoms with van der Waals surface area (Å²) in [6.07, 6.45) is 8.82. The molecule has 2 aromatic carbocycles. The summed E-state index contributed by atoms with van der Waals surface area (Å²) in [5.74, 6) is -1.86. The number of hydrogen-bond acceptors (Lipinski definition) is 23. The summed E-state index contributed by atoms with van der Waals surface area (Å²) in [5.41, 5.74) is 2.34. The highest BCUT2D eigenvalue weighted by Crippen LogP contribution is 2.31. The molecule has 0 aromatic heterocycles. The number of aliphatic hydroxyl groups is 2. The van der Waals surface area contributed by atoms with Crippen LogP contribution in [0.5, 0.6) is 0 Å². The van der Waals surface area contributed by atoms with Gasteiger partial charge in [-0.3, -0.25) is 33.6 Å². The maximum atomic E-state index is 12.1. The maximum Gasteiger partial charge on any atom is 0.333 e. The van der Waals surface area contributed by atoms with Crippen LogP contribution in [0.4, 0.5) is 11.4 Å². The first-order chi connectivity index (χ1) is 49.1. The molecule has 0 aliphatic heterocycles. The molecule has 105 heavy (non-hydrogen) atoms. The van der Waals surface area contributed by atoms with Crippen molar-refractivity contribution in [1.29, 1.82) is 0 Å². The Kier molecular flexibility index (Phi) is 59.0.